The molecule has 1 aliphatic heterocycles. The van der Waals surface area contributed by atoms with Gasteiger partial charge in [-0.15, -0.1) is 0 Å². The summed E-state index contributed by atoms with van der Waals surface area (Å²) in [6.45, 7) is 0.0798. The van der Waals surface area contributed by atoms with Crippen molar-refractivity contribution in [3.8, 4) is 11.5 Å². The number of aryl methyl sites for hydroxylation is 1. The van der Waals surface area contributed by atoms with Gasteiger partial charge in [-0.1, -0.05) is 5.16 Å². The zero-order chi connectivity index (χ0) is 14.8. The summed E-state index contributed by atoms with van der Waals surface area (Å²) in [5, 5.41) is 8.82. The van der Waals surface area contributed by atoms with Crippen molar-refractivity contribution in [2.24, 2.45) is 12.0 Å². The van der Waals surface area contributed by atoms with Crippen molar-refractivity contribution >= 4 is 18.2 Å². The Morgan fingerprint density at radius 1 is 1.57 bits per heavy atom. The molecule has 9 nitrogen and oxygen atoms in total. The molecule has 1 unspecified atom stereocenters. The fraction of sp³-hybridized carbons (Fsp3) is 0.250. The van der Waals surface area contributed by atoms with Crippen LogP contribution in [0.3, 0.4) is 0 Å². The third kappa shape index (κ3) is 2.66. The minimum atomic E-state index is -0.757. The van der Waals surface area contributed by atoms with Gasteiger partial charge in [0.25, 0.3) is 0 Å². The summed E-state index contributed by atoms with van der Waals surface area (Å²) in [5.74, 6) is 0.339. The molecule has 0 aliphatic carbocycles. The topological polar surface area (TPSA) is 114 Å². The molecule has 2 aromatic rings. The second kappa shape index (κ2) is 5.19. The summed E-state index contributed by atoms with van der Waals surface area (Å²) in [7, 11) is 1.87. The summed E-state index contributed by atoms with van der Waals surface area (Å²) in [4.78, 5) is 30.3. The number of aromatic nitrogens is 3. The first-order valence-corrected chi connectivity index (χ1v) is 6.20. The number of carbonyl (C=O) groups is 2. The zero-order valence-corrected chi connectivity index (χ0v) is 11.1. The molecule has 9 heteroatoms. The lowest BCUT2D eigenvalue weighted by atomic mass is 10.3. The Morgan fingerprint density at radius 3 is 3.10 bits per heavy atom. The molecule has 0 spiro atoms. The van der Waals surface area contributed by atoms with E-state index < -0.39 is 12.1 Å². The van der Waals surface area contributed by atoms with Gasteiger partial charge in [0.1, 0.15) is 6.04 Å². The van der Waals surface area contributed by atoms with E-state index in [1.54, 1.807) is 0 Å². The van der Waals surface area contributed by atoms with Gasteiger partial charge in [-0.2, -0.15) is 4.98 Å². The number of hydrogen-bond donors (Lipinski definition) is 2. The zero-order valence-electron chi connectivity index (χ0n) is 11.1. The highest BCUT2D eigenvalue weighted by molar-refractivity contribution is 6.07. The number of nitrogens with one attached hydrogen (secondary N) is 2. The van der Waals surface area contributed by atoms with Gasteiger partial charge >= 0.3 is 6.03 Å². The van der Waals surface area contributed by atoms with Gasteiger partial charge in [0.05, 0.1) is 12.2 Å². The average Bonchev–Trinajstić information content (AvgIpc) is 3.16. The van der Waals surface area contributed by atoms with E-state index in [1.165, 1.54) is 6.21 Å². The van der Waals surface area contributed by atoms with Crippen molar-refractivity contribution < 1.29 is 14.1 Å². The monoisotopic (exact) mass is 288 g/mol. The van der Waals surface area contributed by atoms with Crippen LogP contribution in [-0.4, -0.2) is 38.9 Å². The van der Waals surface area contributed by atoms with E-state index in [4.69, 9.17) is 4.52 Å². The van der Waals surface area contributed by atoms with E-state index in [1.807, 2.05) is 29.9 Å². The van der Waals surface area contributed by atoms with Crippen molar-refractivity contribution in [3.63, 3.8) is 0 Å². The largest absolute Gasteiger partial charge is 0.348 e. The smallest absolute Gasteiger partial charge is 0.341 e. The van der Waals surface area contributed by atoms with E-state index >= 15 is 0 Å². The molecule has 108 valence electrons. The van der Waals surface area contributed by atoms with Crippen LogP contribution in [0.25, 0.3) is 11.5 Å². The molecule has 2 aromatic heterocycles. The highest BCUT2D eigenvalue weighted by Gasteiger charge is 2.23. The van der Waals surface area contributed by atoms with Crippen molar-refractivity contribution in [2.75, 3.05) is 0 Å². The van der Waals surface area contributed by atoms with E-state index in [0.717, 1.165) is 5.69 Å². The summed E-state index contributed by atoms with van der Waals surface area (Å²) in [6.07, 6.45) is 3.12. The van der Waals surface area contributed by atoms with Crippen LogP contribution in [-0.2, 0) is 18.4 Å². The number of carbonyl (C=O) groups excluding carboxylic acids is 2. The van der Waals surface area contributed by atoms with Crippen molar-refractivity contribution in [3.05, 3.63) is 24.2 Å². The predicted octanol–water partition coefficient (Wildman–Crippen LogP) is -0.146. The minimum absolute atomic E-state index is 0.0798. The molecule has 0 radical (unpaired) electrons. The maximum Gasteiger partial charge on any atom is 0.341 e. The highest BCUT2D eigenvalue weighted by Crippen LogP contribution is 2.15. The lowest BCUT2D eigenvalue weighted by molar-refractivity contribution is -0.121. The Bertz CT molecular complexity index is 716. The quantitative estimate of drug-likeness (QED) is 0.812. The van der Waals surface area contributed by atoms with Crippen LogP contribution in [0, 0.1) is 0 Å². The van der Waals surface area contributed by atoms with E-state index in [0.29, 0.717) is 5.82 Å². The second-order valence-corrected chi connectivity index (χ2v) is 4.44. The third-order valence-electron chi connectivity index (χ3n) is 2.96. The van der Waals surface area contributed by atoms with Crippen LogP contribution in [0.4, 0.5) is 4.79 Å². The van der Waals surface area contributed by atoms with Crippen LogP contribution < -0.4 is 10.6 Å². The Hall–Kier alpha value is -2.97. The van der Waals surface area contributed by atoms with Gasteiger partial charge in [-0.25, -0.2) is 9.79 Å². The molecule has 1 aliphatic rings. The summed E-state index contributed by atoms with van der Waals surface area (Å²) in [5.41, 5.74) is 0.812. The standard InChI is InChI=1S/C12H12N6O3/c1-18-4-2-3-8(18)10-16-9(21-17-10)6-13-11(19)7-5-14-12(20)15-7/h2-5,7H,6H2,1H3,(H,13,19)(H,15,20). The Labute approximate surface area is 119 Å². The molecular weight excluding hydrogens is 276 g/mol. The van der Waals surface area contributed by atoms with Gasteiger partial charge in [0.2, 0.25) is 17.6 Å². The van der Waals surface area contributed by atoms with Gasteiger partial charge < -0.3 is 19.7 Å². The molecule has 0 saturated heterocycles. The Balaban J connectivity index is 1.60. The molecule has 0 bridgehead atoms. The fourth-order valence-electron chi connectivity index (χ4n) is 1.88. The third-order valence-corrected chi connectivity index (χ3v) is 2.96. The summed E-state index contributed by atoms with van der Waals surface area (Å²) < 4.78 is 6.93. The number of amides is 3. The summed E-state index contributed by atoms with van der Waals surface area (Å²) in [6, 6.07) is 2.44. The number of urea groups is 1. The number of aliphatic imine (C=N–C) groups is 1. The average molecular weight is 288 g/mol. The predicted molar refractivity (Wildman–Crippen MR) is 71.4 cm³/mol. The normalized spacial score (nSPS) is 17.0. The molecule has 0 fully saturated rings. The number of nitrogens with zero attached hydrogens (tertiary/aromatic N) is 4. The Morgan fingerprint density at radius 2 is 2.43 bits per heavy atom. The van der Waals surface area contributed by atoms with E-state index in [-0.39, 0.29) is 18.3 Å². The first-order chi connectivity index (χ1) is 10.1. The molecule has 0 aromatic carbocycles. The molecule has 3 heterocycles. The molecule has 0 saturated carbocycles. The second-order valence-electron chi connectivity index (χ2n) is 4.44. The first kappa shape index (κ1) is 13.0. The van der Waals surface area contributed by atoms with Crippen LogP contribution in [0.15, 0.2) is 27.8 Å². The highest BCUT2D eigenvalue weighted by atomic mass is 16.5. The Kier molecular flexibility index (Phi) is 3.22. The van der Waals surface area contributed by atoms with Crippen molar-refractivity contribution in [2.45, 2.75) is 12.6 Å². The molecule has 2 N–H and O–H groups in total. The SMILES string of the molecule is Cn1cccc1-c1noc(CNC(=O)C2C=NC(=O)N2)n1. The van der Waals surface area contributed by atoms with Gasteiger partial charge in [0.15, 0.2) is 0 Å². The first-order valence-electron chi connectivity index (χ1n) is 6.20. The van der Waals surface area contributed by atoms with Crippen molar-refractivity contribution in [1.82, 2.24) is 25.3 Å². The van der Waals surface area contributed by atoms with Gasteiger partial charge in [-0.05, 0) is 12.1 Å². The molecular formula is C12H12N6O3. The molecule has 1 atom stereocenters. The number of hydrogen-bond acceptors (Lipinski definition) is 5. The van der Waals surface area contributed by atoms with E-state index in [2.05, 4.69) is 25.8 Å². The lowest BCUT2D eigenvalue weighted by Gasteiger charge is -2.06. The van der Waals surface area contributed by atoms with E-state index in [9.17, 15) is 9.59 Å². The van der Waals surface area contributed by atoms with Gasteiger partial charge in [-0.3, -0.25) is 4.79 Å². The minimum Gasteiger partial charge on any atom is -0.348 e. The molecule has 3 amide bonds. The maximum absolute atomic E-state index is 11.7. The van der Waals surface area contributed by atoms with Crippen LogP contribution in [0.1, 0.15) is 5.89 Å². The van der Waals surface area contributed by atoms with Crippen LogP contribution >= 0.6 is 0 Å². The maximum atomic E-state index is 11.7. The van der Waals surface area contributed by atoms with Crippen molar-refractivity contribution in [1.29, 1.82) is 0 Å². The summed E-state index contributed by atoms with van der Waals surface area (Å²) >= 11 is 0. The van der Waals surface area contributed by atoms with Gasteiger partial charge in [0, 0.05) is 19.5 Å². The van der Waals surface area contributed by atoms with Crippen LogP contribution in [0.2, 0.25) is 0 Å². The van der Waals surface area contributed by atoms with Crippen LogP contribution in [0.5, 0.6) is 0 Å². The fourth-order valence-corrected chi connectivity index (χ4v) is 1.88. The number of rotatable bonds is 4. The molecule has 21 heavy (non-hydrogen) atoms. The lowest BCUT2D eigenvalue weighted by Crippen LogP contribution is -2.43. The molecule has 3 rings (SSSR count).